The van der Waals surface area contributed by atoms with E-state index in [9.17, 15) is 4.79 Å². The molecule has 1 unspecified atom stereocenters. The van der Waals surface area contributed by atoms with Crippen molar-refractivity contribution in [3.8, 4) is 0 Å². The van der Waals surface area contributed by atoms with Crippen LogP contribution >= 0.6 is 0 Å². The Morgan fingerprint density at radius 2 is 2.30 bits per heavy atom. The predicted octanol–water partition coefficient (Wildman–Crippen LogP) is 2.24. The maximum absolute atomic E-state index is 12.5. The van der Waals surface area contributed by atoms with E-state index in [1.54, 1.807) is 6.20 Å². The molecule has 1 saturated heterocycles. The Bertz CT molecular complexity index is 442. The number of hydrogen-bond donors (Lipinski definition) is 1. The standard InChI is InChI=1S/C16H25N3O/c1-12(2)17-9-14-5-4-8-19(11-14)16(20)15-7-6-13(3)18-10-15/h6-7,10,12,14,17H,4-5,8-9,11H2,1-3H3. The summed E-state index contributed by atoms with van der Waals surface area (Å²) in [7, 11) is 0. The zero-order valence-corrected chi connectivity index (χ0v) is 12.7. The number of nitrogens with one attached hydrogen (secondary N) is 1. The Labute approximate surface area is 121 Å². The second-order valence-electron chi connectivity index (χ2n) is 6.01. The molecule has 0 aromatic carbocycles. The SMILES string of the molecule is Cc1ccc(C(=O)N2CCCC(CNC(C)C)C2)cn1. The molecular formula is C16H25N3O. The number of pyridine rings is 1. The first-order valence-corrected chi connectivity index (χ1v) is 7.51. The van der Waals surface area contributed by atoms with Crippen LogP contribution in [0.4, 0.5) is 0 Å². The molecule has 20 heavy (non-hydrogen) atoms. The molecule has 0 spiro atoms. The van der Waals surface area contributed by atoms with Gasteiger partial charge in [0.05, 0.1) is 5.56 Å². The van der Waals surface area contributed by atoms with Gasteiger partial charge in [-0.3, -0.25) is 9.78 Å². The van der Waals surface area contributed by atoms with Gasteiger partial charge in [0, 0.05) is 31.0 Å². The van der Waals surface area contributed by atoms with Gasteiger partial charge < -0.3 is 10.2 Å². The summed E-state index contributed by atoms with van der Waals surface area (Å²) in [6.45, 7) is 8.96. The number of hydrogen-bond acceptors (Lipinski definition) is 3. The van der Waals surface area contributed by atoms with Gasteiger partial charge in [0.25, 0.3) is 5.91 Å². The van der Waals surface area contributed by atoms with Crippen LogP contribution in [0.5, 0.6) is 0 Å². The van der Waals surface area contributed by atoms with Crippen molar-refractivity contribution in [2.75, 3.05) is 19.6 Å². The third-order valence-corrected chi connectivity index (χ3v) is 3.78. The van der Waals surface area contributed by atoms with Crippen LogP contribution in [0.2, 0.25) is 0 Å². The van der Waals surface area contributed by atoms with Crippen molar-refractivity contribution in [1.82, 2.24) is 15.2 Å². The molecule has 2 rings (SSSR count). The van der Waals surface area contributed by atoms with E-state index in [0.29, 0.717) is 17.5 Å². The number of amides is 1. The fourth-order valence-corrected chi connectivity index (χ4v) is 2.60. The molecule has 0 radical (unpaired) electrons. The third kappa shape index (κ3) is 4.04. The summed E-state index contributed by atoms with van der Waals surface area (Å²) >= 11 is 0. The van der Waals surface area contributed by atoms with Gasteiger partial charge in [0.2, 0.25) is 0 Å². The normalized spacial score (nSPS) is 19.4. The summed E-state index contributed by atoms with van der Waals surface area (Å²) in [5.74, 6) is 0.681. The van der Waals surface area contributed by atoms with E-state index >= 15 is 0 Å². The minimum Gasteiger partial charge on any atom is -0.338 e. The van der Waals surface area contributed by atoms with Gasteiger partial charge in [-0.1, -0.05) is 13.8 Å². The molecular weight excluding hydrogens is 250 g/mol. The average molecular weight is 275 g/mol. The summed E-state index contributed by atoms with van der Waals surface area (Å²) in [6.07, 6.45) is 3.98. The largest absolute Gasteiger partial charge is 0.338 e. The summed E-state index contributed by atoms with van der Waals surface area (Å²) < 4.78 is 0. The number of rotatable bonds is 4. The lowest BCUT2D eigenvalue weighted by atomic mass is 9.97. The molecule has 110 valence electrons. The van der Waals surface area contributed by atoms with Crippen LogP contribution in [0.25, 0.3) is 0 Å². The summed E-state index contributed by atoms with van der Waals surface area (Å²) in [6, 6.07) is 4.28. The highest BCUT2D eigenvalue weighted by Crippen LogP contribution is 2.18. The van der Waals surface area contributed by atoms with Crippen LogP contribution in [0, 0.1) is 12.8 Å². The molecule has 4 nitrogen and oxygen atoms in total. The minimum absolute atomic E-state index is 0.117. The highest BCUT2D eigenvalue weighted by atomic mass is 16.2. The Hall–Kier alpha value is -1.42. The van der Waals surface area contributed by atoms with Crippen molar-refractivity contribution in [3.05, 3.63) is 29.6 Å². The monoisotopic (exact) mass is 275 g/mol. The summed E-state index contributed by atoms with van der Waals surface area (Å²) in [5, 5.41) is 3.47. The molecule has 2 heterocycles. The maximum atomic E-state index is 12.5. The first kappa shape index (κ1) is 15.0. The maximum Gasteiger partial charge on any atom is 0.255 e. The Kier molecular flexibility index (Phi) is 5.12. The van der Waals surface area contributed by atoms with E-state index in [1.165, 1.54) is 6.42 Å². The van der Waals surface area contributed by atoms with Crippen LogP contribution in [0.1, 0.15) is 42.7 Å². The van der Waals surface area contributed by atoms with Gasteiger partial charge in [0.15, 0.2) is 0 Å². The fraction of sp³-hybridized carbons (Fsp3) is 0.625. The van der Waals surface area contributed by atoms with E-state index < -0.39 is 0 Å². The Morgan fingerprint density at radius 3 is 2.95 bits per heavy atom. The zero-order chi connectivity index (χ0) is 14.5. The van der Waals surface area contributed by atoms with Crippen molar-refractivity contribution >= 4 is 5.91 Å². The molecule has 1 atom stereocenters. The van der Waals surface area contributed by atoms with E-state index in [4.69, 9.17) is 0 Å². The van der Waals surface area contributed by atoms with Crippen LogP contribution in [0.3, 0.4) is 0 Å². The Morgan fingerprint density at radius 1 is 1.50 bits per heavy atom. The van der Waals surface area contributed by atoms with Gasteiger partial charge in [-0.05, 0) is 44.4 Å². The van der Waals surface area contributed by atoms with Gasteiger partial charge in [-0.15, -0.1) is 0 Å². The summed E-state index contributed by atoms with van der Waals surface area (Å²) in [4.78, 5) is 18.6. The van der Waals surface area contributed by atoms with Crippen LogP contribution in [0.15, 0.2) is 18.3 Å². The van der Waals surface area contributed by atoms with Crippen molar-refractivity contribution in [2.45, 2.75) is 39.7 Å². The number of carbonyl (C=O) groups excluding carboxylic acids is 1. The first-order valence-electron chi connectivity index (χ1n) is 7.51. The second-order valence-corrected chi connectivity index (χ2v) is 6.01. The van der Waals surface area contributed by atoms with Gasteiger partial charge in [-0.2, -0.15) is 0 Å². The van der Waals surface area contributed by atoms with Gasteiger partial charge >= 0.3 is 0 Å². The summed E-state index contributed by atoms with van der Waals surface area (Å²) in [5.41, 5.74) is 1.65. The molecule has 4 heteroatoms. The first-order chi connectivity index (χ1) is 9.56. The quantitative estimate of drug-likeness (QED) is 0.916. The number of piperidine rings is 1. The van der Waals surface area contributed by atoms with E-state index in [2.05, 4.69) is 24.1 Å². The number of nitrogens with zero attached hydrogens (tertiary/aromatic N) is 2. The number of likely N-dealkylation sites (tertiary alicyclic amines) is 1. The highest BCUT2D eigenvalue weighted by Gasteiger charge is 2.24. The van der Waals surface area contributed by atoms with E-state index in [1.807, 2.05) is 24.0 Å². The Balaban J connectivity index is 1.94. The average Bonchev–Trinajstić information content (AvgIpc) is 2.45. The van der Waals surface area contributed by atoms with Crippen molar-refractivity contribution in [3.63, 3.8) is 0 Å². The molecule has 0 saturated carbocycles. The molecule has 1 N–H and O–H groups in total. The minimum atomic E-state index is 0.117. The molecule has 0 aliphatic carbocycles. The third-order valence-electron chi connectivity index (χ3n) is 3.78. The van der Waals surface area contributed by atoms with Gasteiger partial charge in [0.1, 0.15) is 0 Å². The molecule has 1 aromatic rings. The zero-order valence-electron chi connectivity index (χ0n) is 12.7. The van der Waals surface area contributed by atoms with E-state index in [-0.39, 0.29) is 5.91 Å². The van der Waals surface area contributed by atoms with Crippen LogP contribution in [-0.4, -0.2) is 41.5 Å². The lowest BCUT2D eigenvalue weighted by molar-refractivity contribution is 0.0672. The fourth-order valence-electron chi connectivity index (χ4n) is 2.60. The van der Waals surface area contributed by atoms with E-state index in [0.717, 1.165) is 31.7 Å². The van der Waals surface area contributed by atoms with Crippen molar-refractivity contribution in [2.24, 2.45) is 5.92 Å². The van der Waals surface area contributed by atoms with Crippen molar-refractivity contribution in [1.29, 1.82) is 0 Å². The molecule has 1 fully saturated rings. The lowest BCUT2D eigenvalue weighted by Gasteiger charge is -2.33. The van der Waals surface area contributed by atoms with Crippen LogP contribution < -0.4 is 5.32 Å². The lowest BCUT2D eigenvalue weighted by Crippen LogP contribution is -2.43. The predicted molar refractivity (Wildman–Crippen MR) is 80.7 cm³/mol. The molecule has 0 bridgehead atoms. The van der Waals surface area contributed by atoms with Crippen molar-refractivity contribution < 1.29 is 4.79 Å². The molecule has 1 amide bonds. The highest BCUT2D eigenvalue weighted by molar-refractivity contribution is 5.94. The van der Waals surface area contributed by atoms with Crippen LogP contribution in [-0.2, 0) is 0 Å². The number of aryl methyl sites for hydroxylation is 1. The molecule has 1 aliphatic rings. The smallest absolute Gasteiger partial charge is 0.255 e. The second kappa shape index (κ2) is 6.84. The number of carbonyl (C=O) groups is 1. The molecule has 1 aliphatic heterocycles. The molecule has 1 aromatic heterocycles. The van der Waals surface area contributed by atoms with Gasteiger partial charge in [-0.25, -0.2) is 0 Å². The topological polar surface area (TPSA) is 45.2 Å². The number of aromatic nitrogens is 1.